The highest BCUT2D eigenvalue weighted by Crippen LogP contribution is 2.45. The summed E-state index contributed by atoms with van der Waals surface area (Å²) in [5.41, 5.74) is 5.33. The first-order chi connectivity index (χ1) is 15.1. The summed E-state index contributed by atoms with van der Waals surface area (Å²) < 4.78 is 48.2. The smallest absolute Gasteiger partial charge is 0.383 e. The Labute approximate surface area is 181 Å². The summed E-state index contributed by atoms with van der Waals surface area (Å²) in [7, 11) is 0. The molecule has 2 N–H and O–H groups in total. The van der Waals surface area contributed by atoms with Gasteiger partial charge in [0.1, 0.15) is 17.2 Å². The number of imidazole rings is 1. The summed E-state index contributed by atoms with van der Waals surface area (Å²) in [6.07, 6.45) is -1.12. The third kappa shape index (κ3) is 2.79. The van der Waals surface area contributed by atoms with Gasteiger partial charge in [-0.3, -0.25) is 0 Å². The molecule has 7 rings (SSSR count). The van der Waals surface area contributed by atoms with Gasteiger partial charge >= 0.3 is 6.18 Å². The van der Waals surface area contributed by atoms with Crippen LogP contribution in [0.4, 0.5) is 24.8 Å². The predicted octanol–water partition coefficient (Wildman–Crippen LogP) is 3.35. The van der Waals surface area contributed by atoms with E-state index >= 15 is 0 Å². The lowest BCUT2D eigenvalue weighted by Gasteiger charge is -2.30. The fourth-order valence-electron chi connectivity index (χ4n) is 5.06. The van der Waals surface area contributed by atoms with E-state index in [1.54, 1.807) is 0 Å². The lowest BCUT2D eigenvalue weighted by Crippen LogP contribution is -2.33. The van der Waals surface area contributed by atoms with Gasteiger partial charge in [-0.2, -0.15) is 13.2 Å². The number of pyridine rings is 1. The zero-order chi connectivity index (χ0) is 22.4. The van der Waals surface area contributed by atoms with Crippen LogP contribution in [0.15, 0.2) is 12.3 Å². The number of anilines is 2. The van der Waals surface area contributed by atoms with Crippen molar-refractivity contribution in [3.05, 3.63) is 23.7 Å². The van der Waals surface area contributed by atoms with Crippen molar-refractivity contribution in [2.45, 2.75) is 51.1 Å². The summed E-state index contributed by atoms with van der Waals surface area (Å²) >= 11 is 0. The van der Waals surface area contributed by atoms with Gasteiger partial charge in [0.2, 0.25) is 0 Å². The molecule has 3 aliphatic heterocycles. The Hall–Kier alpha value is -2.95. The van der Waals surface area contributed by atoms with Gasteiger partial charge in [0.15, 0.2) is 22.8 Å². The van der Waals surface area contributed by atoms with E-state index in [1.807, 2.05) is 18.4 Å². The van der Waals surface area contributed by atoms with E-state index in [1.165, 1.54) is 6.20 Å². The average molecular weight is 445 g/mol. The molecule has 0 amide bonds. The van der Waals surface area contributed by atoms with Crippen LogP contribution in [-0.2, 0) is 23.1 Å². The maximum Gasteiger partial charge on any atom is 0.419 e. The highest BCUT2D eigenvalue weighted by Gasteiger charge is 2.45. The first-order valence-corrected chi connectivity index (χ1v) is 10.6. The minimum atomic E-state index is -4.62. The van der Waals surface area contributed by atoms with Gasteiger partial charge in [-0.05, 0) is 38.7 Å². The van der Waals surface area contributed by atoms with Crippen molar-refractivity contribution in [2.24, 2.45) is 5.92 Å². The molecular formula is C21H22F3N7O. The molecule has 168 valence electrons. The third-order valence-electron chi connectivity index (χ3n) is 6.75. The van der Waals surface area contributed by atoms with E-state index in [2.05, 4.69) is 14.9 Å². The Morgan fingerprint density at radius 3 is 2.66 bits per heavy atom. The highest BCUT2D eigenvalue weighted by atomic mass is 19.4. The van der Waals surface area contributed by atoms with E-state index < -0.39 is 23.2 Å². The van der Waals surface area contributed by atoms with Crippen LogP contribution < -0.4 is 10.6 Å². The van der Waals surface area contributed by atoms with Crippen LogP contribution >= 0.6 is 0 Å². The highest BCUT2D eigenvalue weighted by molar-refractivity contribution is 5.87. The van der Waals surface area contributed by atoms with E-state index in [-0.39, 0.29) is 11.4 Å². The van der Waals surface area contributed by atoms with Gasteiger partial charge in [-0.15, -0.1) is 0 Å². The number of halogens is 3. The van der Waals surface area contributed by atoms with Crippen LogP contribution in [0.25, 0.3) is 22.6 Å². The normalized spacial score (nSPS) is 24.0. The number of nitrogens with zero attached hydrogens (tertiary/aromatic N) is 6. The minimum absolute atomic E-state index is 0.170. The molecular weight excluding hydrogens is 423 g/mol. The van der Waals surface area contributed by atoms with Gasteiger partial charge in [0, 0.05) is 30.9 Å². The van der Waals surface area contributed by atoms with Crippen LogP contribution in [0.5, 0.6) is 0 Å². The molecule has 32 heavy (non-hydrogen) atoms. The summed E-state index contributed by atoms with van der Waals surface area (Å²) in [5.74, 6) is 1.65. The lowest BCUT2D eigenvalue weighted by atomic mass is 9.86. The molecule has 1 aliphatic carbocycles. The van der Waals surface area contributed by atoms with Gasteiger partial charge in [0.25, 0.3) is 0 Å². The van der Waals surface area contributed by atoms with Gasteiger partial charge in [0.05, 0.1) is 12.2 Å². The molecule has 8 nitrogen and oxygen atoms in total. The van der Waals surface area contributed by atoms with Crippen LogP contribution in [0.2, 0.25) is 0 Å². The SMILES string of the molecule is CC1(C)OCCn2c1nc1c(N3CC4CC3C4)nc(-c3cnc(N)c(C(F)(F)F)c3)nc12. The number of nitrogen functional groups attached to an aromatic ring is 1. The topological polar surface area (TPSA) is 95.0 Å². The second-order valence-electron chi connectivity index (χ2n) is 9.29. The monoisotopic (exact) mass is 445 g/mol. The molecule has 11 heteroatoms. The molecule has 0 radical (unpaired) electrons. The largest absolute Gasteiger partial charge is 0.419 e. The van der Waals surface area contributed by atoms with Crippen molar-refractivity contribution < 1.29 is 17.9 Å². The zero-order valence-electron chi connectivity index (χ0n) is 17.6. The van der Waals surface area contributed by atoms with E-state index in [0.717, 1.165) is 31.3 Å². The quantitative estimate of drug-likeness (QED) is 0.646. The average Bonchev–Trinajstić information content (AvgIpc) is 3.39. The zero-order valence-corrected chi connectivity index (χ0v) is 17.6. The maximum absolute atomic E-state index is 13.4. The summed E-state index contributed by atoms with van der Waals surface area (Å²) in [6.45, 7) is 5.82. The number of aromatic nitrogens is 5. The third-order valence-corrected chi connectivity index (χ3v) is 6.75. The summed E-state index contributed by atoms with van der Waals surface area (Å²) in [6, 6.07) is 1.35. The standard InChI is InChI=1S/C21H22F3N7O/c1-20(2)19-27-14-17(30(19)3-4-32-20)28-16(29-18(14)31-9-10-5-12(31)6-10)11-7-13(21(22,23)24)15(25)26-8-11/h7-8,10,12H,3-6,9H2,1-2H3,(H2,25,26). The van der Waals surface area contributed by atoms with E-state index in [4.69, 9.17) is 20.4 Å². The Kier molecular flexibility index (Phi) is 3.88. The fraction of sp³-hybridized carbons (Fsp3) is 0.524. The second-order valence-corrected chi connectivity index (χ2v) is 9.29. The van der Waals surface area contributed by atoms with Crippen LogP contribution in [0, 0.1) is 5.92 Å². The van der Waals surface area contributed by atoms with Crippen molar-refractivity contribution in [2.75, 3.05) is 23.8 Å². The molecule has 2 bridgehead atoms. The molecule has 3 fully saturated rings. The number of fused-ring (bicyclic) bond motifs is 4. The first kappa shape index (κ1) is 19.7. The summed E-state index contributed by atoms with van der Waals surface area (Å²) in [5, 5.41) is 0. The molecule has 3 aromatic heterocycles. The maximum atomic E-state index is 13.4. The van der Waals surface area contributed by atoms with Crippen LogP contribution in [0.3, 0.4) is 0 Å². The van der Waals surface area contributed by atoms with Crippen molar-refractivity contribution in [1.82, 2.24) is 24.5 Å². The Morgan fingerprint density at radius 1 is 1.19 bits per heavy atom. The summed E-state index contributed by atoms with van der Waals surface area (Å²) in [4.78, 5) is 20.3. The lowest BCUT2D eigenvalue weighted by molar-refractivity contribution is -0.137. The number of rotatable bonds is 2. The van der Waals surface area contributed by atoms with Crippen LogP contribution in [0.1, 0.15) is 38.1 Å². The molecule has 0 spiro atoms. The Balaban J connectivity index is 1.59. The molecule has 1 saturated carbocycles. The Morgan fingerprint density at radius 2 is 1.97 bits per heavy atom. The van der Waals surface area contributed by atoms with Gasteiger partial charge in [-0.25, -0.2) is 19.9 Å². The number of ether oxygens (including phenoxy) is 1. The van der Waals surface area contributed by atoms with E-state index in [9.17, 15) is 13.2 Å². The molecule has 4 aliphatic rings. The predicted molar refractivity (Wildman–Crippen MR) is 111 cm³/mol. The first-order valence-electron chi connectivity index (χ1n) is 10.6. The van der Waals surface area contributed by atoms with Crippen molar-refractivity contribution in [1.29, 1.82) is 0 Å². The number of hydrogen-bond donors (Lipinski definition) is 1. The number of hydrogen-bond acceptors (Lipinski definition) is 7. The molecule has 0 aromatic carbocycles. The fourth-order valence-corrected chi connectivity index (χ4v) is 5.06. The van der Waals surface area contributed by atoms with Gasteiger partial charge < -0.3 is 19.9 Å². The number of alkyl halides is 3. The molecule has 3 aromatic rings. The second kappa shape index (κ2) is 6.31. The van der Waals surface area contributed by atoms with Crippen molar-refractivity contribution in [3.63, 3.8) is 0 Å². The van der Waals surface area contributed by atoms with Gasteiger partial charge in [-0.1, -0.05) is 0 Å². The molecule has 0 atom stereocenters. The molecule has 0 unspecified atom stereocenters. The van der Waals surface area contributed by atoms with Crippen molar-refractivity contribution in [3.8, 4) is 11.4 Å². The number of nitrogens with two attached hydrogens (primary N) is 1. The van der Waals surface area contributed by atoms with Crippen LogP contribution in [-0.4, -0.2) is 43.7 Å². The molecule has 6 heterocycles. The minimum Gasteiger partial charge on any atom is -0.383 e. The molecule has 2 saturated heterocycles. The van der Waals surface area contributed by atoms with Crippen molar-refractivity contribution >= 4 is 22.8 Å². The van der Waals surface area contributed by atoms with E-state index in [0.29, 0.717) is 42.1 Å². The Bertz CT molecular complexity index is 1250.